The van der Waals surface area contributed by atoms with Gasteiger partial charge in [0.15, 0.2) is 11.5 Å². The van der Waals surface area contributed by atoms with Gasteiger partial charge in [-0.3, -0.25) is 0 Å². The highest BCUT2D eigenvalue weighted by Gasteiger charge is 2.25. The molecular weight excluding hydrogens is 238 g/mol. The zero-order valence-electron chi connectivity index (χ0n) is 10.9. The summed E-state index contributed by atoms with van der Waals surface area (Å²) in [5.41, 5.74) is 8.04. The van der Waals surface area contributed by atoms with E-state index in [0.29, 0.717) is 13.2 Å². The van der Waals surface area contributed by atoms with E-state index in [4.69, 9.17) is 15.2 Å². The van der Waals surface area contributed by atoms with Gasteiger partial charge in [0.2, 0.25) is 0 Å². The lowest BCUT2D eigenvalue weighted by atomic mass is 9.85. The summed E-state index contributed by atoms with van der Waals surface area (Å²) in [7, 11) is 0. The van der Waals surface area contributed by atoms with Gasteiger partial charge < -0.3 is 15.2 Å². The molecule has 0 saturated heterocycles. The second kappa shape index (κ2) is 4.59. The zero-order valence-corrected chi connectivity index (χ0v) is 10.9. The van der Waals surface area contributed by atoms with Crippen LogP contribution < -0.4 is 15.2 Å². The van der Waals surface area contributed by atoms with E-state index in [0.717, 1.165) is 22.6 Å². The molecule has 0 spiro atoms. The Bertz CT molecular complexity index is 579. The first-order valence-electron chi connectivity index (χ1n) is 6.42. The van der Waals surface area contributed by atoms with Gasteiger partial charge in [-0.25, -0.2) is 0 Å². The molecule has 0 bridgehead atoms. The Kier molecular flexibility index (Phi) is 2.91. The molecule has 1 aliphatic heterocycles. The normalized spacial score (nSPS) is 16.7. The quantitative estimate of drug-likeness (QED) is 0.897. The minimum atomic E-state index is -0.545. The van der Waals surface area contributed by atoms with Gasteiger partial charge in [-0.05, 0) is 30.2 Å². The van der Waals surface area contributed by atoms with Crippen LogP contribution in [0, 0.1) is 0 Å². The molecule has 98 valence electrons. The lowest BCUT2D eigenvalue weighted by molar-refractivity contribution is 0.171. The lowest BCUT2D eigenvalue weighted by Gasteiger charge is -2.28. The highest BCUT2D eigenvalue weighted by molar-refractivity contribution is 5.48. The fraction of sp³-hybridized carbons (Fsp3) is 0.250. The van der Waals surface area contributed by atoms with Gasteiger partial charge >= 0.3 is 0 Å². The van der Waals surface area contributed by atoms with E-state index < -0.39 is 5.54 Å². The average Bonchev–Trinajstić information content (AvgIpc) is 2.47. The fourth-order valence-electron chi connectivity index (χ4n) is 2.32. The maximum Gasteiger partial charge on any atom is 0.161 e. The second-order valence-electron chi connectivity index (χ2n) is 4.93. The Hall–Kier alpha value is -2.00. The van der Waals surface area contributed by atoms with Crippen LogP contribution in [-0.4, -0.2) is 13.2 Å². The van der Waals surface area contributed by atoms with Crippen LogP contribution in [0.25, 0.3) is 0 Å². The summed E-state index contributed by atoms with van der Waals surface area (Å²) in [4.78, 5) is 0. The first-order chi connectivity index (χ1) is 9.18. The molecule has 1 atom stereocenters. The summed E-state index contributed by atoms with van der Waals surface area (Å²) in [6.07, 6.45) is 0. The van der Waals surface area contributed by atoms with Gasteiger partial charge in [-0.15, -0.1) is 0 Å². The zero-order chi connectivity index (χ0) is 13.3. The summed E-state index contributed by atoms with van der Waals surface area (Å²) in [6.45, 7) is 3.20. The molecule has 0 aliphatic carbocycles. The smallest absolute Gasteiger partial charge is 0.161 e. The predicted molar refractivity (Wildman–Crippen MR) is 74.5 cm³/mol. The highest BCUT2D eigenvalue weighted by atomic mass is 16.6. The van der Waals surface area contributed by atoms with Crippen LogP contribution in [0.4, 0.5) is 0 Å². The highest BCUT2D eigenvalue weighted by Crippen LogP contribution is 2.35. The first kappa shape index (κ1) is 12.1. The van der Waals surface area contributed by atoms with E-state index >= 15 is 0 Å². The molecular formula is C16H17NO2. The van der Waals surface area contributed by atoms with Gasteiger partial charge in [0, 0.05) is 0 Å². The van der Waals surface area contributed by atoms with Crippen molar-refractivity contribution in [2.45, 2.75) is 12.5 Å². The Balaban J connectivity index is 2.02. The number of ether oxygens (including phenoxy) is 2. The maximum atomic E-state index is 6.50. The first-order valence-corrected chi connectivity index (χ1v) is 6.42. The van der Waals surface area contributed by atoms with Crippen molar-refractivity contribution in [2.75, 3.05) is 13.2 Å². The minimum absolute atomic E-state index is 0.545. The average molecular weight is 255 g/mol. The molecule has 1 unspecified atom stereocenters. The molecule has 0 saturated carbocycles. The van der Waals surface area contributed by atoms with Gasteiger partial charge in [-0.2, -0.15) is 0 Å². The third-order valence-electron chi connectivity index (χ3n) is 3.52. The fourth-order valence-corrected chi connectivity index (χ4v) is 2.32. The summed E-state index contributed by atoms with van der Waals surface area (Å²) >= 11 is 0. The molecule has 1 heterocycles. The third-order valence-corrected chi connectivity index (χ3v) is 3.52. The second-order valence-corrected chi connectivity index (χ2v) is 4.93. The third kappa shape index (κ3) is 2.17. The predicted octanol–water partition coefficient (Wildman–Crippen LogP) is 2.68. The van der Waals surface area contributed by atoms with E-state index in [-0.39, 0.29) is 0 Å². The van der Waals surface area contributed by atoms with Crippen LogP contribution in [0.15, 0.2) is 48.5 Å². The van der Waals surface area contributed by atoms with Crippen molar-refractivity contribution in [3.8, 4) is 11.5 Å². The maximum absolute atomic E-state index is 6.50. The molecule has 0 amide bonds. The molecule has 2 aromatic rings. The van der Waals surface area contributed by atoms with Crippen molar-refractivity contribution < 1.29 is 9.47 Å². The molecule has 19 heavy (non-hydrogen) atoms. The van der Waals surface area contributed by atoms with Crippen LogP contribution in [0.3, 0.4) is 0 Å². The van der Waals surface area contributed by atoms with Gasteiger partial charge in [0.05, 0.1) is 5.54 Å². The van der Waals surface area contributed by atoms with Crippen LogP contribution >= 0.6 is 0 Å². The van der Waals surface area contributed by atoms with Crippen molar-refractivity contribution in [2.24, 2.45) is 5.73 Å². The van der Waals surface area contributed by atoms with Crippen molar-refractivity contribution in [3.05, 3.63) is 59.7 Å². The van der Waals surface area contributed by atoms with Gasteiger partial charge in [0.25, 0.3) is 0 Å². The van der Waals surface area contributed by atoms with E-state index in [9.17, 15) is 0 Å². The molecule has 0 aromatic heterocycles. The summed E-state index contributed by atoms with van der Waals surface area (Å²) in [5.74, 6) is 1.57. The van der Waals surface area contributed by atoms with Crippen molar-refractivity contribution in [1.29, 1.82) is 0 Å². The molecule has 2 aromatic carbocycles. The number of hydrogen-bond acceptors (Lipinski definition) is 3. The Morgan fingerprint density at radius 3 is 2.32 bits per heavy atom. The van der Waals surface area contributed by atoms with E-state index in [1.54, 1.807) is 0 Å². The Morgan fingerprint density at radius 1 is 0.895 bits per heavy atom. The SMILES string of the molecule is CC(N)(c1ccccc1)c1ccc2c(c1)OCCO2. The molecule has 1 aliphatic rings. The number of hydrogen-bond donors (Lipinski definition) is 1. The topological polar surface area (TPSA) is 44.5 Å². The van der Waals surface area contributed by atoms with Crippen LogP contribution in [0.1, 0.15) is 18.1 Å². The number of rotatable bonds is 2. The molecule has 3 heteroatoms. The number of benzene rings is 2. The molecule has 0 fully saturated rings. The monoisotopic (exact) mass is 255 g/mol. The summed E-state index contributed by atoms with van der Waals surface area (Å²) < 4.78 is 11.1. The summed E-state index contributed by atoms with van der Waals surface area (Å²) in [5, 5.41) is 0. The van der Waals surface area contributed by atoms with Crippen molar-refractivity contribution >= 4 is 0 Å². The van der Waals surface area contributed by atoms with Crippen LogP contribution in [0.5, 0.6) is 11.5 Å². The Labute approximate surface area is 113 Å². The van der Waals surface area contributed by atoms with E-state index in [1.807, 2.05) is 55.5 Å². The number of fused-ring (bicyclic) bond motifs is 1. The van der Waals surface area contributed by atoms with Gasteiger partial charge in [0.1, 0.15) is 13.2 Å². The minimum Gasteiger partial charge on any atom is -0.486 e. The summed E-state index contributed by atoms with van der Waals surface area (Å²) in [6, 6.07) is 16.0. The van der Waals surface area contributed by atoms with Crippen LogP contribution in [0.2, 0.25) is 0 Å². The molecule has 3 rings (SSSR count). The van der Waals surface area contributed by atoms with E-state index in [1.165, 1.54) is 0 Å². The number of nitrogens with two attached hydrogens (primary N) is 1. The molecule has 0 radical (unpaired) electrons. The van der Waals surface area contributed by atoms with Crippen LogP contribution in [-0.2, 0) is 5.54 Å². The standard InChI is InChI=1S/C16H17NO2/c1-16(17,12-5-3-2-4-6-12)13-7-8-14-15(11-13)19-10-9-18-14/h2-8,11H,9-10,17H2,1H3. The van der Waals surface area contributed by atoms with E-state index in [2.05, 4.69) is 0 Å². The van der Waals surface area contributed by atoms with Crippen molar-refractivity contribution in [3.63, 3.8) is 0 Å². The molecule has 2 N–H and O–H groups in total. The lowest BCUT2D eigenvalue weighted by Crippen LogP contribution is -2.34. The largest absolute Gasteiger partial charge is 0.486 e. The Morgan fingerprint density at radius 2 is 1.58 bits per heavy atom. The van der Waals surface area contributed by atoms with Gasteiger partial charge in [-0.1, -0.05) is 36.4 Å². The van der Waals surface area contributed by atoms with Crippen molar-refractivity contribution in [1.82, 2.24) is 0 Å². The molecule has 3 nitrogen and oxygen atoms in total.